The Morgan fingerprint density at radius 3 is 2.66 bits per heavy atom. The molecule has 3 aliphatic rings. The van der Waals surface area contributed by atoms with Gasteiger partial charge in [-0.3, -0.25) is 4.79 Å². The van der Waals surface area contributed by atoms with Crippen molar-refractivity contribution in [2.45, 2.75) is 75.7 Å². The molecular formula is C23H30N4OS. The molecule has 1 saturated heterocycles. The van der Waals surface area contributed by atoms with Crippen molar-refractivity contribution in [1.82, 2.24) is 15.5 Å². The van der Waals surface area contributed by atoms with Crippen LogP contribution in [0.3, 0.4) is 0 Å². The molecular weight excluding hydrogens is 380 g/mol. The third-order valence-electron chi connectivity index (χ3n) is 7.10. The molecule has 1 N–H and O–H groups in total. The number of amides is 1. The smallest absolute Gasteiger partial charge is 0.231 e. The highest BCUT2D eigenvalue weighted by molar-refractivity contribution is 7.10. The predicted octanol–water partition coefficient (Wildman–Crippen LogP) is 4.01. The van der Waals surface area contributed by atoms with Gasteiger partial charge in [-0.25, -0.2) is 0 Å². The lowest BCUT2D eigenvalue weighted by molar-refractivity contribution is -0.127. The number of carbonyl (C=O) groups excluding carboxylic acids is 1. The summed E-state index contributed by atoms with van der Waals surface area (Å²) < 4.78 is 0. The summed E-state index contributed by atoms with van der Waals surface area (Å²) in [5.41, 5.74) is 2.29. The minimum absolute atomic E-state index is 0.254. The highest BCUT2D eigenvalue weighted by atomic mass is 32.1. The van der Waals surface area contributed by atoms with Crippen LogP contribution in [0, 0.1) is 0 Å². The fourth-order valence-electron chi connectivity index (χ4n) is 5.32. The van der Waals surface area contributed by atoms with Crippen molar-refractivity contribution in [2.75, 3.05) is 18.0 Å². The fourth-order valence-corrected chi connectivity index (χ4v) is 6.31. The number of nitrogens with one attached hydrogen (secondary N) is 1. The number of piperidine rings is 1. The number of anilines is 1. The van der Waals surface area contributed by atoms with E-state index in [9.17, 15) is 4.79 Å². The van der Waals surface area contributed by atoms with E-state index in [0.717, 1.165) is 70.3 Å². The maximum Gasteiger partial charge on any atom is 0.231 e. The number of rotatable bonds is 4. The first kappa shape index (κ1) is 19.0. The molecule has 0 aromatic carbocycles. The average Bonchev–Trinajstić information content (AvgIpc) is 3.47. The predicted molar refractivity (Wildman–Crippen MR) is 117 cm³/mol. The Kier molecular flexibility index (Phi) is 5.29. The first-order valence-electron chi connectivity index (χ1n) is 11.2. The zero-order chi connectivity index (χ0) is 19.7. The summed E-state index contributed by atoms with van der Waals surface area (Å²) in [4.78, 5) is 16.9. The van der Waals surface area contributed by atoms with Crippen molar-refractivity contribution in [3.63, 3.8) is 0 Å². The van der Waals surface area contributed by atoms with Crippen molar-refractivity contribution >= 4 is 23.1 Å². The van der Waals surface area contributed by atoms with Gasteiger partial charge >= 0.3 is 0 Å². The van der Waals surface area contributed by atoms with Crippen LogP contribution in [0.4, 0.5) is 5.82 Å². The number of fused-ring (bicyclic) bond motifs is 1. The third kappa shape index (κ3) is 3.67. The molecule has 0 spiro atoms. The van der Waals surface area contributed by atoms with Gasteiger partial charge in [0.1, 0.15) is 0 Å². The van der Waals surface area contributed by atoms with Crippen LogP contribution in [-0.2, 0) is 23.1 Å². The molecule has 5 nitrogen and oxygen atoms in total. The van der Waals surface area contributed by atoms with E-state index in [2.05, 4.69) is 44.0 Å². The Bertz CT molecular complexity index is 852. The zero-order valence-electron chi connectivity index (χ0n) is 17.0. The molecule has 1 aliphatic heterocycles. The number of nitrogens with zero attached hydrogens (tertiary/aromatic N) is 3. The van der Waals surface area contributed by atoms with Crippen LogP contribution in [0.25, 0.3) is 0 Å². The van der Waals surface area contributed by atoms with Gasteiger partial charge in [-0.1, -0.05) is 18.9 Å². The molecule has 2 aromatic rings. The van der Waals surface area contributed by atoms with Gasteiger partial charge < -0.3 is 10.2 Å². The van der Waals surface area contributed by atoms with Gasteiger partial charge in [-0.2, -0.15) is 5.10 Å². The van der Waals surface area contributed by atoms with E-state index in [4.69, 9.17) is 0 Å². The molecule has 0 radical (unpaired) electrons. The SMILES string of the molecule is O=C(NC1CCN(c2cc3c(nn2)CCCC3)CC1)C1(c2cccs2)CCCC1. The Hall–Kier alpha value is -1.95. The summed E-state index contributed by atoms with van der Waals surface area (Å²) in [5.74, 6) is 1.27. The van der Waals surface area contributed by atoms with E-state index in [-0.39, 0.29) is 17.4 Å². The van der Waals surface area contributed by atoms with Crippen molar-refractivity contribution < 1.29 is 4.79 Å². The van der Waals surface area contributed by atoms with Crippen LogP contribution in [0.1, 0.15) is 67.5 Å². The monoisotopic (exact) mass is 410 g/mol. The quantitative estimate of drug-likeness (QED) is 0.827. The fraction of sp³-hybridized carbons (Fsp3) is 0.609. The molecule has 29 heavy (non-hydrogen) atoms. The van der Waals surface area contributed by atoms with Gasteiger partial charge in [0.05, 0.1) is 11.1 Å². The van der Waals surface area contributed by atoms with Crippen LogP contribution < -0.4 is 10.2 Å². The maximum absolute atomic E-state index is 13.3. The molecule has 3 heterocycles. The first-order chi connectivity index (χ1) is 14.2. The van der Waals surface area contributed by atoms with Gasteiger partial charge in [-0.15, -0.1) is 16.4 Å². The van der Waals surface area contributed by atoms with Gasteiger partial charge in [-0.05, 0) is 74.4 Å². The second-order valence-electron chi connectivity index (χ2n) is 8.88. The lowest BCUT2D eigenvalue weighted by atomic mass is 9.83. The summed E-state index contributed by atoms with van der Waals surface area (Å²) >= 11 is 1.73. The van der Waals surface area contributed by atoms with E-state index >= 15 is 0 Å². The molecule has 1 amide bonds. The first-order valence-corrected chi connectivity index (χ1v) is 12.1. The second kappa shape index (κ2) is 8.05. The van der Waals surface area contributed by atoms with Gasteiger partial charge in [0, 0.05) is 24.0 Å². The molecule has 2 fully saturated rings. The van der Waals surface area contributed by atoms with Gasteiger partial charge in [0.2, 0.25) is 5.91 Å². The third-order valence-corrected chi connectivity index (χ3v) is 8.17. The summed E-state index contributed by atoms with van der Waals surface area (Å²) in [6.07, 6.45) is 10.9. The Morgan fingerprint density at radius 1 is 1.10 bits per heavy atom. The number of hydrogen-bond donors (Lipinski definition) is 1. The molecule has 0 atom stereocenters. The summed E-state index contributed by atoms with van der Waals surface area (Å²) in [7, 11) is 0. The number of carbonyl (C=O) groups is 1. The van der Waals surface area contributed by atoms with Crippen LogP contribution in [0.5, 0.6) is 0 Å². The number of aromatic nitrogens is 2. The minimum atomic E-state index is -0.282. The van der Waals surface area contributed by atoms with Gasteiger partial charge in [0.15, 0.2) is 5.82 Å². The number of aryl methyl sites for hydroxylation is 2. The number of thiophene rings is 1. The maximum atomic E-state index is 13.3. The topological polar surface area (TPSA) is 58.1 Å². The molecule has 154 valence electrons. The Morgan fingerprint density at radius 2 is 1.90 bits per heavy atom. The summed E-state index contributed by atoms with van der Waals surface area (Å²) in [6.45, 7) is 1.87. The normalized spacial score (nSPS) is 21.7. The van der Waals surface area contributed by atoms with Crippen LogP contribution in [0.2, 0.25) is 0 Å². The van der Waals surface area contributed by atoms with Crippen LogP contribution >= 0.6 is 11.3 Å². The number of hydrogen-bond acceptors (Lipinski definition) is 5. The summed E-state index contributed by atoms with van der Waals surface area (Å²) in [5, 5.41) is 14.5. The molecule has 0 bridgehead atoms. The molecule has 6 heteroatoms. The minimum Gasteiger partial charge on any atom is -0.355 e. The lowest BCUT2D eigenvalue weighted by Gasteiger charge is -2.35. The summed E-state index contributed by atoms with van der Waals surface area (Å²) in [6, 6.07) is 6.74. The van der Waals surface area contributed by atoms with E-state index in [1.807, 2.05) is 0 Å². The lowest BCUT2D eigenvalue weighted by Crippen LogP contribution is -2.50. The highest BCUT2D eigenvalue weighted by Gasteiger charge is 2.44. The van der Waals surface area contributed by atoms with Crippen molar-refractivity contribution in [1.29, 1.82) is 0 Å². The molecule has 2 aliphatic carbocycles. The Labute approximate surface area is 176 Å². The van der Waals surface area contributed by atoms with Crippen molar-refractivity contribution in [3.05, 3.63) is 39.7 Å². The average molecular weight is 411 g/mol. The van der Waals surface area contributed by atoms with Gasteiger partial charge in [0.25, 0.3) is 0 Å². The zero-order valence-corrected chi connectivity index (χ0v) is 17.8. The van der Waals surface area contributed by atoms with Crippen LogP contribution in [-0.4, -0.2) is 35.2 Å². The standard InChI is InChI=1S/C23H30N4OS/c28-22(23(11-3-4-12-23)20-8-5-15-29-20)24-18-9-13-27(14-10-18)21-16-17-6-1-2-7-19(17)25-26-21/h5,8,15-16,18H,1-4,6-7,9-14H2,(H,24,28). The van der Waals surface area contributed by atoms with E-state index in [1.54, 1.807) is 11.3 Å². The molecule has 1 saturated carbocycles. The van der Waals surface area contributed by atoms with E-state index < -0.39 is 0 Å². The molecule has 2 aromatic heterocycles. The largest absolute Gasteiger partial charge is 0.355 e. The van der Waals surface area contributed by atoms with E-state index in [0.29, 0.717) is 0 Å². The molecule has 5 rings (SSSR count). The van der Waals surface area contributed by atoms with Crippen molar-refractivity contribution in [3.8, 4) is 0 Å². The molecule has 0 unspecified atom stereocenters. The van der Waals surface area contributed by atoms with E-state index in [1.165, 1.54) is 29.0 Å². The highest BCUT2D eigenvalue weighted by Crippen LogP contribution is 2.43. The second-order valence-corrected chi connectivity index (χ2v) is 9.83. The van der Waals surface area contributed by atoms with Crippen LogP contribution in [0.15, 0.2) is 23.6 Å². The van der Waals surface area contributed by atoms with Crippen molar-refractivity contribution in [2.24, 2.45) is 0 Å². The Balaban J connectivity index is 1.21.